The number of nitrogens with zero attached hydrogens (tertiary/aromatic N) is 1. The molecule has 3 rings (SSSR count). The van der Waals surface area contributed by atoms with E-state index in [1.54, 1.807) is 0 Å². The lowest BCUT2D eigenvalue weighted by atomic mass is 9.83. The molecule has 0 aromatic heterocycles. The monoisotopic (exact) mass is 215 g/mol. The first kappa shape index (κ1) is 9.88. The summed E-state index contributed by atoms with van der Waals surface area (Å²) in [5.41, 5.74) is 2.00. The molecule has 2 heteroatoms. The largest absolute Gasteiger partial charge is 0.411 e. The Bertz CT molecular complexity index is 398. The molecule has 0 amide bonds. The van der Waals surface area contributed by atoms with E-state index in [2.05, 4.69) is 5.16 Å². The Hall–Kier alpha value is -1.31. The van der Waals surface area contributed by atoms with Crippen LogP contribution in [0, 0.1) is 17.8 Å². The number of benzene rings is 1. The molecule has 84 valence electrons. The molecule has 2 saturated carbocycles. The van der Waals surface area contributed by atoms with E-state index >= 15 is 0 Å². The Labute approximate surface area is 96.0 Å². The first-order valence-corrected chi connectivity index (χ1v) is 6.16. The lowest BCUT2D eigenvalue weighted by Crippen LogP contribution is -2.22. The van der Waals surface area contributed by atoms with Gasteiger partial charge in [-0.2, -0.15) is 0 Å². The van der Waals surface area contributed by atoms with Crippen LogP contribution in [-0.4, -0.2) is 10.9 Å². The highest BCUT2D eigenvalue weighted by atomic mass is 16.4. The lowest BCUT2D eigenvalue weighted by Gasteiger charge is -2.22. The van der Waals surface area contributed by atoms with Crippen molar-refractivity contribution in [1.29, 1.82) is 0 Å². The Balaban J connectivity index is 1.88. The third kappa shape index (κ3) is 1.53. The van der Waals surface area contributed by atoms with Crippen LogP contribution in [0.25, 0.3) is 0 Å². The average molecular weight is 215 g/mol. The zero-order valence-electron chi connectivity index (χ0n) is 9.34. The Kier molecular flexibility index (Phi) is 2.43. The third-order valence-corrected chi connectivity index (χ3v) is 4.27. The molecule has 3 unspecified atom stereocenters. The standard InChI is InChI=1S/C14H17NO/c16-15-14(11-4-2-1-3-5-11)13-9-10-6-7-12(13)8-10/h1-5,10,12-13,16H,6-9H2/b15-14-. The smallest absolute Gasteiger partial charge is 0.0901 e. The van der Waals surface area contributed by atoms with Gasteiger partial charge in [0.1, 0.15) is 0 Å². The molecule has 2 fully saturated rings. The minimum atomic E-state index is 0.492. The molecule has 2 nitrogen and oxygen atoms in total. The summed E-state index contributed by atoms with van der Waals surface area (Å²) < 4.78 is 0. The molecule has 0 spiro atoms. The number of fused-ring (bicyclic) bond motifs is 2. The normalized spacial score (nSPS) is 33.2. The van der Waals surface area contributed by atoms with E-state index in [9.17, 15) is 5.21 Å². The quantitative estimate of drug-likeness (QED) is 0.458. The topological polar surface area (TPSA) is 32.6 Å². The third-order valence-electron chi connectivity index (χ3n) is 4.27. The molecular weight excluding hydrogens is 198 g/mol. The maximum atomic E-state index is 9.26. The summed E-state index contributed by atoms with van der Waals surface area (Å²) >= 11 is 0. The molecular formula is C14H17NO. The Morgan fingerprint density at radius 2 is 1.94 bits per heavy atom. The van der Waals surface area contributed by atoms with Gasteiger partial charge in [-0.3, -0.25) is 0 Å². The van der Waals surface area contributed by atoms with Crippen LogP contribution in [0.2, 0.25) is 0 Å². The number of hydrogen-bond donors (Lipinski definition) is 1. The molecule has 1 N–H and O–H groups in total. The summed E-state index contributed by atoms with van der Waals surface area (Å²) in [6.07, 6.45) is 5.27. The van der Waals surface area contributed by atoms with Crippen molar-refractivity contribution in [3.63, 3.8) is 0 Å². The van der Waals surface area contributed by atoms with E-state index in [-0.39, 0.29) is 0 Å². The predicted molar refractivity (Wildman–Crippen MR) is 63.7 cm³/mol. The molecule has 0 heterocycles. The van der Waals surface area contributed by atoms with E-state index in [1.807, 2.05) is 30.3 Å². The van der Waals surface area contributed by atoms with Crippen molar-refractivity contribution in [1.82, 2.24) is 0 Å². The van der Waals surface area contributed by atoms with Gasteiger partial charge in [-0.1, -0.05) is 41.9 Å². The maximum Gasteiger partial charge on any atom is 0.0901 e. The molecule has 1 aromatic carbocycles. The lowest BCUT2D eigenvalue weighted by molar-refractivity contribution is 0.308. The van der Waals surface area contributed by atoms with Crippen LogP contribution >= 0.6 is 0 Å². The van der Waals surface area contributed by atoms with Crippen molar-refractivity contribution in [2.45, 2.75) is 25.7 Å². The van der Waals surface area contributed by atoms with Gasteiger partial charge < -0.3 is 5.21 Å². The summed E-state index contributed by atoms with van der Waals surface area (Å²) in [5.74, 6) is 2.14. The van der Waals surface area contributed by atoms with E-state index in [0.29, 0.717) is 5.92 Å². The molecule has 2 bridgehead atoms. The van der Waals surface area contributed by atoms with E-state index in [1.165, 1.54) is 25.7 Å². The maximum absolute atomic E-state index is 9.26. The summed E-state index contributed by atoms with van der Waals surface area (Å²) in [5, 5.41) is 12.8. The van der Waals surface area contributed by atoms with Crippen molar-refractivity contribution in [2.75, 3.05) is 0 Å². The minimum Gasteiger partial charge on any atom is -0.411 e. The zero-order valence-corrected chi connectivity index (χ0v) is 9.34. The average Bonchev–Trinajstić information content (AvgIpc) is 2.94. The minimum absolute atomic E-state index is 0.492. The van der Waals surface area contributed by atoms with Gasteiger partial charge in [0.25, 0.3) is 0 Å². The number of rotatable bonds is 2. The van der Waals surface area contributed by atoms with Gasteiger partial charge in [-0.05, 0) is 36.7 Å². The zero-order chi connectivity index (χ0) is 11.0. The highest BCUT2D eigenvalue weighted by molar-refractivity contribution is 6.02. The summed E-state index contributed by atoms with van der Waals surface area (Å²) in [6, 6.07) is 10.1. The van der Waals surface area contributed by atoms with Crippen LogP contribution in [0.5, 0.6) is 0 Å². The molecule has 1 aromatic rings. The molecule has 3 atom stereocenters. The fourth-order valence-electron chi connectivity index (χ4n) is 3.53. The van der Waals surface area contributed by atoms with Crippen LogP contribution in [0.3, 0.4) is 0 Å². The highest BCUT2D eigenvalue weighted by Gasteiger charge is 2.42. The molecule has 2 aliphatic rings. The van der Waals surface area contributed by atoms with Crippen LogP contribution in [0.15, 0.2) is 35.5 Å². The Morgan fingerprint density at radius 3 is 2.50 bits per heavy atom. The highest BCUT2D eigenvalue weighted by Crippen LogP contribution is 2.49. The molecule has 16 heavy (non-hydrogen) atoms. The second-order valence-electron chi connectivity index (χ2n) is 5.13. The van der Waals surface area contributed by atoms with Crippen LogP contribution in [0.1, 0.15) is 31.2 Å². The van der Waals surface area contributed by atoms with Gasteiger partial charge in [0.05, 0.1) is 5.71 Å². The fraction of sp³-hybridized carbons (Fsp3) is 0.500. The van der Waals surface area contributed by atoms with Crippen molar-refractivity contribution < 1.29 is 5.21 Å². The van der Waals surface area contributed by atoms with Crippen LogP contribution < -0.4 is 0 Å². The van der Waals surface area contributed by atoms with Gasteiger partial charge in [0, 0.05) is 5.92 Å². The second-order valence-corrected chi connectivity index (χ2v) is 5.13. The summed E-state index contributed by atoms with van der Waals surface area (Å²) in [7, 11) is 0. The number of oxime groups is 1. The van der Waals surface area contributed by atoms with Gasteiger partial charge in [0.15, 0.2) is 0 Å². The summed E-state index contributed by atoms with van der Waals surface area (Å²) in [6.45, 7) is 0. The van der Waals surface area contributed by atoms with E-state index in [4.69, 9.17) is 0 Å². The molecule has 2 aliphatic carbocycles. The first-order valence-electron chi connectivity index (χ1n) is 6.16. The van der Waals surface area contributed by atoms with Gasteiger partial charge in [0.2, 0.25) is 0 Å². The van der Waals surface area contributed by atoms with Gasteiger partial charge in [-0.25, -0.2) is 0 Å². The second kappa shape index (κ2) is 3.93. The Morgan fingerprint density at radius 1 is 1.12 bits per heavy atom. The fourth-order valence-corrected chi connectivity index (χ4v) is 3.53. The van der Waals surface area contributed by atoms with Gasteiger partial charge in [-0.15, -0.1) is 0 Å². The van der Waals surface area contributed by atoms with E-state index in [0.717, 1.165) is 23.1 Å². The summed E-state index contributed by atoms with van der Waals surface area (Å²) in [4.78, 5) is 0. The first-order chi connectivity index (χ1) is 7.88. The van der Waals surface area contributed by atoms with Crippen molar-refractivity contribution in [3.8, 4) is 0 Å². The van der Waals surface area contributed by atoms with E-state index < -0.39 is 0 Å². The van der Waals surface area contributed by atoms with Gasteiger partial charge >= 0.3 is 0 Å². The van der Waals surface area contributed by atoms with Crippen LogP contribution in [-0.2, 0) is 0 Å². The van der Waals surface area contributed by atoms with Crippen molar-refractivity contribution >= 4 is 5.71 Å². The number of hydrogen-bond acceptors (Lipinski definition) is 2. The SMILES string of the molecule is O/N=C(/c1ccccc1)C1CC2CCC1C2. The predicted octanol–water partition coefficient (Wildman–Crippen LogP) is 3.30. The van der Waals surface area contributed by atoms with Crippen LogP contribution in [0.4, 0.5) is 0 Å². The molecule has 0 saturated heterocycles. The van der Waals surface area contributed by atoms with Crippen molar-refractivity contribution in [2.24, 2.45) is 22.9 Å². The molecule has 0 radical (unpaired) electrons. The van der Waals surface area contributed by atoms with Crippen molar-refractivity contribution in [3.05, 3.63) is 35.9 Å². The molecule has 0 aliphatic heterocycles.